The summed E-state index contributed by atoms with van der Waals surface area (Å²) in [5, 5.41) is 18.9. The predicted molar refractivity (Wildman–Crippen MR) is 95.5 cm³/mol. The molecule has 24 heavy (non-hydrogen) atoms. The second kappa shape index (κ2) is 8.41. The summed E-state index contributed by atoms with van der Waals surface area (Å²) < 4.78 is 11.4. The fourth-order valence-electron chi connectivity index (χ4n) is 2.56. The molecule has 0 fully saturated rings. The first kappa shape index (κ1) is 17.9. The van der Waals surface area contributed by atoms with Gasteiger partial charge >= 0.3 is 0 Å². The Labute approximate surface area is 143 Å². The highest BCUT2D eigenvalue weighted by atomic mass is 16.5. The molecule has 4 heteroatoms. The normalized spacial score (nSPS) is 12.3. The van der Waals surface area contributed by atoms with Crippen LogP contribution in [0.5, 0.6) is 17.2 Å². The van der Waals surface area contributed by atoms with Crippen LogP contribution in [0, 0.1) is 0 Å². The van der Waals surface area contributed by atoms with Crippen molar-refractivity contribution < 1.29 is 19.7 Å². The Morgan fingerprint density at radius 1 is 1.12 bits per heavy atom. The Kier molecular flexibility index (Phi) is 6.27. The molecule has 0 aliphatic heterocycles. The average Bonchev–Trinajstić information content (AvgIpc) is 2.58. The Bertz CT molecular complexity index is 707. The van der Waals surface area contributed by atoms with Crippen LogP contribution in [0.3, 0.4) is 0 Å². The fourth-order valence-corrected chi connectivity index (χ4v) is 2.56. The third-order valence-corrected chi connectivity index (χ3v) is 3.71. The van der Waals surface area contributed by atoms with Gasteiger partial charge in [0.25, 0.3) is 0 Å². The van der Waals surface area contributed by atoms with Crippen molar-refractivity contribution in [3.05, 3.63) is 59.2 Å². The van der Waals surface area contributed by atoms with Crippen molar-refractivity contribution in [2.75, 3.05) is 7.11 Å². The van der Waals surface area contributed by atoms with Gasteiger partial charge in [0.05, 0.1) is 13.7 Å². The van der Waals surface area contributed by atoms with Gasteiger partial charge in [0.1, 0.15) is 11.9 Å². The van der Waals surface area contributed by atoms with Crippen LogP contribution in [0.4, 0.5) is 0 Å². The van der Waals surface area contributed by atoms with Crippen LogP contribution in [-0.2, 0) is 13.0 Å². The van der Waals surface area contributed by atoms with Crippen LogP contribution in [0.15, 0.2) is 42.5 Å². The lowest BCUT2D eigenvalue weighted by atomic mass is 10.0. The van der Waals surface area contributed by atoms with E-state index in [-0.39, 0.29) is 18.5 Å². The zero-order valence-electron chi connectivity index (χ0n) is 14.3. The summed E-state index contributed by atoms with van der Waals surface area (Å²) in [6.45, 7) is 3.76. The lowest BCUT2D eigenvalue weighted by Crippen LogP contribution is -2.15. The largest absolute Gasteiger partial charge is 0.508 e. The van der Waals surface area contributed by atoms with Crippen LogP contribution in [0.25, 0.3) is 6.08 Å². The van der Waals surface area contributed by atoms with E-state index in [1.54, 1.807) is 19.2 Å². The highest BCUT2D eigenvalue weighted by Gasteiger charge is 2.11. The van der Waals surface area contributed by atoms with Crippen molar-refractivity contribution in [2.24, 2.45) is 0 Å². The van der Waals surface area contributed by atoms with Gasteiger partial charge in [-0.15, -0.1) is 0 Å². The molecule has 0 heterocycles. The molecule has 2 aromatic rings. The highest BCUT2D eigenvalue weighted by Crippen LogP contribution is 2.30. The molecule has 2 N–H and O–H groups in total. The standard InChI is InChI=1S/C20H24O4/c1-4-5-15-7-9-19(20(12-15)23-3)24-14(2)10-16-6-8-18(22)17(11-16)13-21/h4-9,11-12,14,21-22H,10,13H2,1-3H3/b5-4+. The van der Waals surface area contributed by atoms with Gasteiger partial charge in [-0.1, -0.05) is 24.3 Å². The third-order valence-electron chi connectivity index (χ3n) is 3.71. The van der Waals surface area contributed by atoms with E-state index >= 15 is 0 Å². The first-order valence-corrected chi connectivity index (χ1v) is 7.96. The van der Waals surface area contributed by atoms with Crippen LogP contribution >= 0.6 is 0 Å². The predicted octanol–water partition coefficient (Wildman–Crippen LogP) is 3.94. The number of benzene rings is 2. The first-order chi connectivity index (χ1) is 11.6. The number of methoxy groups -OCH3 is 1. The third kappa shape index (κ3) is 4.52. The lowest BCUT2D eigenvalue weighted by Gasteiger charge is -2.18. The van der Waals surface area contributed by atoms with Gasteiger partial charge in [0.2, 0.25) is 0 Å². The maximum absolute atomic E-state index is 9.63. The minimum atomic E-state index is -0.185. The molecule has 2 aromatic carbocycles. The number of aliphatic hydroxyl groups excluding tert-OH is 1. The number of rotatable bonds is 7. The smallest absolute Gasteiger partial charge is 0.161 e. The maximum atomic E-state index is 9.63. The molecule has 0 saturated heterocycles. The van der Waals surface area contributed by atoms with E-state index in [2.05, 4.69) is 0 Å². The molecule has 0 spiro atoms. The maximum Gasteiger partial charge on any atom is 0.161 e. The van der Waals surface area contributed by atoms with Gasteiger partial charge in [0, 0.05) is 12.0 Å². The summed E-state index contributed by atoms with van der Waals surface area (Å²) in [5.41, 5.74) is 2.57. The SMILES string of the molecule is C/C=C/c1ccc(OC(C)Cc2ccc(O)c(CO)c2)c(OC)c1. The van der Waals surface area contributed by atoms with E-state index in [1.165, 1.54) is 0 Å². The molecule has 0 amide bonds. The summed E-state index contributed by atoms with van der Waals surface area (Å²) in [6.07, 6.45) is 4.56. The summed E-state index contributed by atoms with van der Waals surface area (Å²) in [5.74, 6) is 1.50. The number of phenols is 1. The minimum Gasteiger partial charge on any atom is -0.508 e. The molecular weight excluding hydrogens is 304 g/mol. The minimum absolute atomic E-state index is 0.0810. The molecule has 0 aliphatic carbocycles. The lowest BCUT2D eigenvalue weighted by molar-refractivity contribution is 0.211. The molecular formula is C20H24O4. The number of aliphatic hydroxyl groups is 1. The molecule has 1 atom stereocenters. The average molecular weight is 328 g/mol. The number of allylic oxidation sites excluding steroid dienone is 1. The summed E-state index contributed by atoms with van der Waals surface area (Å²) in [4.78, 5) is 0. The monoisotopic (exact) mass is 328 g/mol. The van der Waals surface area contributed by atoms with Crippen LogP contribution < -0.4 is 9.47 Å². The van der Waals surface area contributed by atoms with Crippen molar-refractivity contribution in [1.29, 1.82) is 0 Å². The van der Waals surface area contributed by atoms with Crippen LogP contribution in [0.2, 0.25) is 0 Å². The topological polar surface area (TPSA) is 58.9 Å². The van der Waals surface area contributed by atoms with Crippen molar-refractivity contribution >= 4 is 6.08 Å². The zero-order valence-corrected chi connectivity index (χ0v) is 14.3. The van der Waals surface area contributed by atoms with Crippen LogP contribution in [-0.4, -0.2) is 23.4 Å². The first-order valence-electron chi connectivity index (χ1n) is 7.96. The molecule has 0 bridgehead atoms. The molecule has 128 valence electrons. The fraction of sp³-hybridized carbons (Fsp3) is 0.300. The Balaban J connectivity index is 2.10. The molecule has 0 radical (unpaired) electrons. The Hall–Kier alpha value is -2.46. The number of hydrogen-bond acceptors (Lipinski definition) is 4. The van der Waals surface area contributed by atoms with Crippen molar-refractivity contribution in [3.63, 3.8) is 0 Å². The second-order valence-corrected chi connectivity index (χ2v) is 5.66. The second-order valence-electron chi connectivity index (χ2n) is 5.66. The molecule has 2 rings (SSSR count). The Morgan fingerprint density at radius 3 is 2.58 bits per heavy atom. The van der Waals surface area contributed by atoms with E-state index in [0.29, 0.717) is 23.5 Å². The molecule has 4 nitrogen and oxygen atoms in total. The molecule has 0 saturated carbocycles. The van der Waals surface area contributed by atoms with E-state index in [1.807, 2.05) is 50.3 Å². The zero-order chi connectivity index (χ0) is 17.5. The van der Waals surface area contributed by atoms with Crippen molar-refractivity contribution in [2.45, 2.75) is 33.0 Å². The van der Waals surface area contributed by atoms with E-state index < -0.39 is 0 Å². The van der Waals surface area contributed by atoms with E-state index in [4.69, 9.17) is 9.47 Å². The molecule has 0 aromatic heterocycles. The highest BCUT2D eigenvalue weighted by molar-refractivity contribution is 5.55. The van der Waals surface area contributed by atoms with Gasteiger partial charge in [-0.2, -0.15) is 0 Å². The number of ether oxygens (including phenoxy) is 2. The molecule has 0 aliphatic rings. The molecule has 1 unspecified atom stereocenters. The quantitative estimate of drug-likeness (QED) is 0.808. The van der Waals surface area contributed by atoms with Gasteiger partial charge in [-0.25, -0.2) is 0 Å². The van der Waals surface area contributed by atoms with Gasteiger partial charge in [-0.3, -0.25) is 0 Å². The van der Waals surface area contributed by atoms with Crippen LogP contribution in [0.1, 0.15) is 30.5 Å². The number of hydrogen-bond donors (Lipinski definition) is 2. The van der Waals surface area contributed by atoms with E-state index in [0.717, 1.165) is 11.1 Å². The van der Waals surface area contributed by atoms with Gasteiger partial charge in [0.15, 0.2) is 11.5 Å². The van der Waals surface area contributed by atoms with Gasteiger partial charge in [-0.05, 0) is 49.2 Å². The van der Waals surface area contributed by atoms with Gasteiger partial charge < -0.3 is 19.7 Å². The number of aromatic hydroxyl groups is 1. The summed E-state index contributed by atoms with van der Waals surface area (Å²) >= 11 is 0. The Morgan fingerprint density at radius 2 is 1.92 bits per heavy atom. The van der Waals surface area contributed by atoms with E-state index in [9.17, 15) is 10.2 Å². The summed E-state index contributed by atoms with van der Waals surface area (Å²) in [7, 11) is 1.62. The summed E-state index contributed by atoms with van der Waals surface area (Å²) in [6, 6.07) is 11.0. The van der Waals surface area contributed by atoms with Crippen molar-refractivity contribution in [3.8, 4) is 17.2 Å². The van der Waals surface area contributed by atoms with Crippen molar-refractivity contribution in [1.82, 2.24) is 0 Å².